The molecule has 3 nitrogen and oxygen atoms in total. The Morgan fingerprint density at radius 3 is 2.69 bits per heavy atom. The molecule has 0 radical (unpaired) electrons. The van der Waals surface area contributed by atoms with E-state index >= 15 is 0 Å². The van der Waals surface area contributed by atoms with Crippen LogP contribution in [0.3, 0.4) is 0 Å². The Hall–Kier alpha value is -0.120. The van der Waals surface area contributed by atoms with Gasteiger partial charge in [-0.05, 0) is 58.4 Å². The zero-order valence-electron chi connectivity index (χ0n) is 11.1. The Morgan fingerprint density at radius 2 is 2.19 bits per heavy atom. The second kappa shape index (κ2) is 5.48. The summed E-state index contributed by atoms with van der Waals surface area (Å²) in [6.45, 7) is 8.68. The van der Waals surface area contributed by atoms with Gasteiger partial charge in [0.25, 0.3) is 0 Å². The molecule has 0 aromatic carbocycles. The van der Waals surface area contributed by atoms with Gasteiger partial charge < -0.3 is 15.1 Å². The smallest absolute Gasteiger partial charge is 0.0220 e. The first-order chi connectivity index (χ1) is 7.66. The number of nitrogens with one attached hydrogen (secondary N) is 1. The standard InChI is InChI=1S/C13H27N3/c1-11(12-7-14-8-12)9-15(2)10-13-5-4-6-16(13)3/h11-14H,4-10H2,1-3H3. The number of hydrogen-bond acceptors (Lipinski definition) is 3. The molecule has 0 aromatic heterocycles. The highest BCUT2D eigenvalue weighted by molar-refractivity contribution is 4.83. The van der Waals surface area contributed by atoms with E-state index < -0.39 is 0 Å². The van der Waals surface area contributed by atoms with E-state index in [1.54, 1.807) is 0 Å². The van der Waals surface area contributed by atoms with Crippen molar-refractivity contribution in [3.8, 4) is 0 Å². The van der Waals surface area contributed by atoms with Gasteiger partial charge in [-0.3, -0.25) is 0 Å². The lowest BCUT2D eigenvalue weighted by molar-refractivity contribution is 0.159. The van der Waals surface area contributed by atoms with Gasteiger partial charge in [0.2, 0.25) is 0 Å². The van der Waals surface area contributed by atoms with Crippen molar-refractivity contribution in [1.29, 1.82) is 0 Å². The van der Waals surface area contributed by atoms with Crippen LogP contribution < -0.4 is 5.32 Å². The van der Waals surface area contributed by atoms with Crippen molar-refractivity contribution < 1.29 is 0 Å². The molecule has 0 spiro atoms. The Labute approximate surface area is 100 Å². The molecule has 0 bridgehead atoms. The number of likely N-dealkylation sites (N-methyl/N-ethyl adjacent to an activating group) is 2. The molecule has 94 valence electrons. The lowest BCUT2D eigenvalue weighted by Crippen LogP contribution is -2.48. The van der Waals surface area contributed by atoms with Crippen molar-refractivity contribution in [3.63, 3.8) is 0 Å². The first-order valence-electron chi connectivity index (χ1n) is 6.76. The SMILES string of the molecule is CC(CN(C)CC1CCCN1C)C1CNC1. The van der Waals surface area contributed by atoms with Gasteiger partial charge in [-0.1, -0.05) is 6.92 Å². The molecule has 0 amide bonds. The van der Waals surface area contributed by atoms with Crippen molar-refractivity contribution in [1.82, 2.24) is 15.1 Å². The van der Waals surface area contributed by atoms with Crippen LogP contribution in [0.1, 0.15) is 19.8 Å². The topological polar surface area (TPSA) is 18.5 Å². The average Bonchev–Trinajstić information content (AvgIpc) is 2.48. The zero-order chi connectivity index (χ0) is 11.5. The third kappa shape index (κ3) is 2.96. The summed E-state index contributed by atoms with van der Waals surface area (Å²) in [7, 11) is 4.56. The lowest BCUT2D eigenvalue weighted by Gasteiger charge is -2.35. The van der Waals surface area contributed by atoms with Gasteiger partial charge in [0, 0.05) is 19.1 Å². The minimum absolute atomic E-state index is 0.803. The summed E-state index contributed by atoms with van der Waals surface area (Å²) in [6.07, 6.45) is 2.78. The number of likely N-dealkylation sites (tertiary alicyclic amines) is 1. The van der Waals surface area contributed by atoms with Crippen LogP contribution in [0.5, 0.6) is 0 Å². The van der Waals surface area contributed by atoms with Crippen LogP contribution in [0.25, 0.3) is 0 Å². The second-order valence-electron chi connectivity index (χ2n) is 5.89. The summed E-state index contributed by atoms with van der Waals surface area (Å²) in [5.74, 6) is 1.77. The third-order valence-corrected chi connectivity index (χ3v) is 4.41. The Kier molecular flexibility index (Phi) is 4.22. The highest BCUT2D eigenvalue weighted by Crippen LogP contribution is 2.19. The number of hydrogen-bond donors (Lipinski definition) is 1. The molecule has 2 aliphatic heterocycles. The molecular formula is C13H27N3. The normalized spacial score (nSPS) is 29.6. The van der Waals surface area contributed by atoms with E-state index in [-0.39, 0.29) is 0 Å². The highest BCUT2D eigenvalue weighted by atomic mass is 15.2. The van der Waals surface area contributed by atoms with E-state index in [1.165, 1.54) is 45.6 Å². The van der Waals surface area contributed by atoms with Crippen LogP contribution in [-0.4, -0.2) is 62.7 Å². The first-order valence-corrected chi connectivity index (χ1v) is 6.76. The number of nitrogens with zero attached hydrogens (tertiary/aromatic N) is 2. The quantitative estimate of drug-likeness (QED) is 0.749. The minimum Gasteiger partial charge on any atom is -0.316 e. The molecule has 0 aromatic rings. The molecule has 2 aliphatic rings. The molecule has 3 heteroatoms. The summed E-state index contributed by atoms with van der Waals surface area (Å²) in [5, 5.41) is 3.37. The van der Waals surface area contributed by atoms with Gasteiger partial charge in [0.15, 0.2) is 0 Å². The summed E-state index contributed by atoms with van der Waals surface area (Å²) in [4.78, 5) is 5.06. The predicted molar refractivity (Wildman–Crippen MR) is 68.7 cm³/mol. The molecule has 0 aliphatic carbocycles. The van der Waals surface area contributed by atoms with Crippen molar-refractivity contribution in [2.24, 2.45) is 11.8 Å². The van der Waals surface area contributed by atoms with Crippen molar-refractivity contribution >= 4 is 0 Å². The molecule has 0 saturated carbocycles. The van der Waals surface area contributed by atoms with E-state index in [4.69, 9.17) is 0 Å². The van der Waals surface area contributed by atoms with Crippen LogP contribution in [0.15, 0.2) is 0 Å². The number of rotatable bonds is 5. The van der Waals surface area contributed by atoms with Gasteiger partial charge in [-0.25, -0.2) is 0 Å². The van der Waals surface area contributed by atoms with Crippen LogP contribution in [0, 0.1) is 11.8 Å². The van der Waals surface area contributed by atoms with E-state index in [2.05, 4.69) is 36.1 Å². The predicted octanol–water partition coefficient (Wildman–Crippen LogP) is 0.868. The Balaban J connectivity index is 1.68. The van der Waals surface area contributed by atoms with Crippen molar-refractivity contribution in [3.05, 3.63) is 0 Å². The first kappa shape index (κ1) is 12.3. The molecule has 2 saturated heterocycles. The van der Waals surface area contributed by atoms with Crippen molar-refractivity contribution in [2.75, 3.05) is 46.8 Å². The van der Waals surface area contributed by atoms with Crippen LogP contribution in [0.4, 0.5) is 0 Å². The van der Waals surface area contributed by atoms with Gasteiger partial charge in [-0.15, -0.1) is 0 Å². The maximum atomic E-state index is 3.37. The van der Waals surface area contributed by atoms with E-state index in [0.29, 0.717) is 0 Å². The van der Waals surface area contributed by atoms with Gasteiger partial charge in [-0.2, -0.15) is 0 Å². The largest absolute Gasteiger partial charge is 0.316 e. The van der Waals surface area contributed by atoms with Crippen LogP contribution in [-0.2, 0) is 0 Å². The fraction of sp³-hybridized carbons (Fsp3) is 1.00. The van der Waals surface area contributed by atoms with Crippen molar-refractivity contribution in [2.45, 2.75) is 25.8 Å². The van der Waals surface area contributed by atoms with E-state index in [9.17, 15) is 0 Å². The van der Waals surface area contributed by atoms with E-state index in [1.807, 2.05) is 0 Å². The van der Waals surface area contributed by atoms with E-state index in [0.717, 1.165) is 17.9 Å². The van der Waals surface area contributed by atoms with Gasteiger partial charge in [0.1, 0.15) is 0 Å². The molecule has 2 fully saturated rings. The summed E-state index contributed by atoms with van der Waals surface area (Å²) in [5.41, 5.74) is 0. The summed E-state index contributed by atoms with van der Waals surface area (Å²) in [6, 6.07) is 0.803. The molecule has 1 N–H and O–H groups in total. The van der Waals surface area contributed by atoms with Gasteiger partial charge >= 0.3 is 0 Å². The molecule has 2 heterocycles. The third-order valence-electron chi connectivity index (χ3n) is 4.41. The maximum Gasteiger partial charge on any atom is 0.0220 e. The molecule has 16 heavy (non-hydrogen) atoms. The molecule has 2 unspecified atom stereocenters. The monoisotopic (exact) mass is 225 g/mol. The maximum absolute atomic E-state index is 3.37. The molecular weight excluding hydrogens is 198 g/mol. The van der Waals surface area contributed by atoms with Gasteiger partial charge in [0.05, 0.1) is 0 Å². The summed E-state index contributed by atoms with van der Waals surface area (Å²) >= 11 is 0. The van der Waals surface area contributed by atoms with Crippen LogP contribution >= 0.6 is 0 Å². The highest BCUT2D eigenvalue weighted by Gasteiger charge is 2.26. The second-order valence-corrected chi connectivity index (χ2v) is 5.89. The Bertz CT molecular complexity index is 215. The molecule has 2 atom stereocenters. The summed E-state index contributed by atoms with van der Waals surface area (Å²) < 4.78 is 0. The molecule has 2 rings (SSSR count). The minimum atomic E-state index is 0.803. The zero-order valence-corrected chi connectivity index (χ0v) is 11.1. The average molecular weight is 225 g/mol. The Morgan fingerprint density at radius 1 is 1.44 bits per heavy atom. The lowest BCUT2D eigenvalue weighted by atomic mass is 9.88. The van der Waals surface area contributed by atoms with Crippen LogP contribution in [0.2, 0.25) is 0 Å². The fourth-order valence-electron chi connectivity index (χ4n) is 3.00. The fourth-order valence-corrected chi connectivity index (χ4v) is 3.00.